The lowest BCUT2D eigenvalue weighted by Crippen LogP contribution is -2.51. The van der Waals surface area contributed by atoms with Gasteiger partial charge in [0.15, 0.2) is 0 Å². The van der Waals surface area contributed by atoms with Gasteiger partial charge >= 0.3 is 0 Å². The maximum Gasteiger partial charge on any atom is 0.123 e. The van der Waals surface area contributed by atoms with Gasteiger partial charge in [-0.2, -0.15) is 0 Å². The Kier molecular flexibility index (Phi) is 6.10. The maximum atomic E-state index is 13.3. The van der Waals surface area contributed by atoms with Gasteiger partial charge in [0.2, 0.25) is 0 Å². The summed E-state index contributed by atoms with van der Waals surface area (Å²) in [7, 11) is 0. The van der Waals surface area contributed by atoms with Crippen molar-refractivity contribution in [3.05, 3.63) is 71.3 Å². The molecule has 0 radical (unpaired) electrons. The molecule has 1 aliphatic rings. The summed E-state index contributed by atoms with van der Waals surface area (Å²) in [4.78, 5) is 2.39. The fourth-order valence-electron chi connectivity index (χ4n) is 3.11. The van der Waals surface area contributed by atoms with Crippen LogP contribution in [0.15, 0.2) is 48.5 Å². The molecular weight excluding hydrogens is 318 g/mol. The first-order chi connectivity index (χ1) is 10.6. The highest BCUT2D eigenvalue weighted by atomic mass is 35.5. The highest BCUT2D eigenvalue weighted by Crippen LogP contribution is 2.31. The van der Waals surface area contributed by atoms with Crippen LogP contribution in [0.1, 0.15) is 24.1 Å². The van der Waals surface area contributed by atoms with Gasteiger partial charge in [-0.15, -0.1) is 12.4 Å². The zero-order valence-electron chi connectivity index (χ0n) is 13.0. The minimum atomic E-state index is -0.241. The molecule has 2 aromatic carbocycles. The molecule has 1 fully saturated rings. The van der Waals surface area contributed by atoms with Crippen molar-refractivity contribution in [1.82, 2.24) is 10.2 Å². The van der Waals surface area contributed by atoms with Gasteiger partial charge in [-0.25, -0.2) is 8.78 Å². The lowest BCUT2D eigenvalue weighted by Gasteiger charge is -2.40. The van der Waals surface area contributed by atoms with Crippen LogP contribution in [-0.4, -0.2) is 30.6 Å². The normalized spacial score (nSPS) is 18.7. The fraction of sp³-hybridized carbons (Fsp3) is 0.333. The predicted molar refractivity (Wildman–Crippen MR) is 90.9 cm³/mol. The predicted octanol–water partition coefficient (Wildman–Crippen LogP) is 3.77. The van der Waals surface area contributed by atoms with E-state index in [0.717, 1.165) is 30.8 Å². The maximum absolute atomic E-state index is 13.3. The second-order valence-electron chi connectivity index (χ2n) is 5.80. The summed E-state index contributed by atoms with van der Waals surface area (Å²) < 4.78 is 26.5. The molecule has 0 spiro atoms. The van der Waals surface area contributed by atoms with Crippen LogP contribution in [0.2, 0.25) is 0 Å². The molecule has 0 saturated carbocycles. The van der Waals surface area contributed by atoms with Crippen LogP contribution in [0.5, 0.6) is 0 Å². The minimum absolute atomic E-state index is 0. The van der Waals surface area contributed by atoms with Gasteiger partial charge in [0.1, 0.15) is 11.6 Å². The van der Waals surface area contributed by atoms with Crippen LogP contribution < -0.4 is 5.32 Å². The molecular formula is C18H21ClF2N2. The molecule has 1 aliphatic heterocycles. The molecule has 0 unspecified atom stereocenters. The van der Waals surface area contributed by atoms with Crippen molar-refractivity contribution >= 4 is 12.4 Å². The molecule has 2 aromatic rings. The van der Waals surface area contributed by atoms with Crippen molar-refractivity contribution in [2.45, 2.75) is 19.0 Å². The summed E-state index contributed by atoms with van der Waals surface area (Å²) in [5, 5.41) is 3.38. The molecule has 5 heteroatoms. The lowest BCUT2D eigenvalue weighted by atomic mass is 9.95. The monoisotopic (exact) mass is 338 g/mol. The smallest absolute Gasteiger partial charge is 0.123 e. The molecule has 23 heavy (non-hydrogen) atoms. The lowest BCUT2D eigenvalue weighted by molar-refractivity contribution is 0.136. The average molecular weight is 339 g/mol. The molecule has 1 N–H and O–H groups in total. The zero-order chi connectivity index (χ0) is 15.5. The summed E-state index contributed by atoms with van der Waals surface area (Å²) in [6.07, 6.45) is 0. The van der Waals surface area contributed by atoms with Crippen LogP contribution in [0.3, 0.4) is 0 Å². The minimum Gasteiger partial charge on any atom is -0.314 e. The topological polar surface area (TPSA) is 15.3 Å². The summed E-state index contributed by atoms with van der Waals surface area (Å²) in [6.45, 7) is 4.91. The van der Waals surface area contributed by atoms with Gasteiger partial charge in [-0.3, -0.25) is 4.90 Å². The van der Waals surface area contributed by atoms with E-state index in [2.05, 4.69) is 17.1 Å². The largest absolute Gasteiger partial charge is 0.314 e. The summed E-state index contributed by atoms with van der Waals surface area (Å²) in [5.41, 5.74) is 2.06. The van der Waals surface area contributed by atoms with E-state index in [-0.39, 0.29) is 30.1 Å². The number of hydrogen-bond donors (Lipinski definition) is 1. The standard InChI is InChI=1S/C18H20F2N2.ClH/c1-13-12-21-10-11-22(13)18(14-2-6-16(19)7-3-14)15-4-8-17(20)9-5-15;/h2-9,13,18,21H,10-12H2,1H3;1H/t13-;/m1./s1. The Morgan fingerprint density at radius 1 is 0.957 bits per heavy atom. The molecule has 0 aromatic heterocycles. The fourth-order valence-corrected chi connectivity index (χ4v) is 3.11. The Labute approximate surface area is 141 Å². The zero-order valence-corrected chi connectivity index (χ0v) is 13.8. The molecule has 124 valence electrons. The van der Waals surface area contributed by atoms with Gasteiger partial charge < -0.3 is 5.32 Å². The van der Waals surface area contributed by atoms with Crippen LogP contribution in [0, 0.1) is 11.6 Å². The van der Waals surface area contributed by atoms with Gasteiger partial charge in [0, 0.05) is 25.7 Å². The molecule has 1 atom stereocenters. The molecule has 1 heterocycles. The van der Waals surface area contributed by atoms with E-state index in [9.17, 15) is 8.78 Å². The van der Waals surface area contributed by atoms with E-state index in [1.807, 2.05) is 24.3 Å². The summed E-state index contributed by atoms with van der Waals surface area (Å²) in [6, 6.07) is 13.6. The van der Waals surface area contributed by atoms with Gasteiger partial charge in [0.05, 0.1) is 6.04 Å². The van der Waals surface area contributed by atoms with Crippen molar-refractivity contribution < 1.29 is 8.78 Å². The number of piperazine rings is 1. The number of rotatable bonds is 3. The number of nitrogens with one attached hydrogen (secondary N) is 1. The Bertz CT molecular complexity index is 570. The summed E-state index contributed by atoms with van der Waals surface area (Å²) >= 11 is 0. The third-order valence-electron chi connectivity index (χ3n) is 4.26. The van der Waals surface area contributed by atoms with Crippen molar-refractivity contribution in [2.75, 3.05) is 19.6 Å². The van der Waals surface area contributed by atoms with Crippen molar-refractivity contribution in [3.8, 4) is 0 Å². The van der Waals surface area contributed by atoms with Crippen LogP contribution in [-0.2, 0) is 0 Å². The van der Waals surface area contributed by atoms with Crippen molar-refractivity contribution in [1.29, 1.82) is 0 Å². The highest BCUT2D eigenvalue weighted by molar-refractivity contribution is 5.85. The van der Waals surface area contributed by atoms with Gasteiger partial charge in [-0.05, 0) is 42.3 Å². The molecule has 0 bridgehead atoms. The van der Waals surface area contributed by atoms with E-state index >= 15 is 0 Å². The Morgan fingerprint density at radius 3 is 1.87 bits per heavy atom. The number of benzene rings is 2. The second-order valence-corrected chi connectivity index (χ2v) is 5.80. The first-order valence-electron chi connectivity index (χ1n) is 7.62. The van der Waals surface area contributed by atoms with E-state index in [1.165, 1.54) is 24.3 Å². The van der Waals surface area contributed by atoms with Crippen LogP contribution in [0.25, 0.3) is 0 Å². The van der Waals surface area contributed by atoms with E-state index in [0.29, 0.717) is 6.04 Å². The first kappa shape index (κ1) is 17.9. The van der Waals surface area contributed by atoms with Gasteiger partial charge in [-0.1, -0.05) is 24.3 Å². The molecule has 1 saturated heterocycles. The van der Waals surface area contributed by atoms with E-state index in [4.69, 9.17) is 0 Å². The van der Waals surface area contributed by atoms with E-state index in [1.54, 1.807) is 0 Å². The molecule has 2 nitrogen and oxygen atoms in total. The second kappa shape index (κ2) is 7.86. The quantitative estimate of drug-likeness (QED) is 0.916. The van der Waals surface area contributed by atoms with Gasteiger partial charge in [0.25, 0.3) is 0 Å². The van der Waals surface area contributed by atoms with Crippen LogP contribution in [0.4, 0.5) is 8.78 Å². The molecule has 0 aliphatic carbocycles. The molecule has 0 amide bonds. The third-order valence-corrected chi connectivity index (χ3v) is 4.26. The van der Waals surface area contributed by atoms with Crippen molar-refractivity contribution in [2.24, 2.45) is 0 Å². The SMILES string of the molecule is C[C@@H]1CNCCN1C(c1ccc(F)cc1)c1ccc(F)cc1.Cl. The average Bonchev–Trinajstić information content (AvgIpc) is 2.53. The number of hydrogen-bond acceptors (Lipinski definition) is 2. The Morgan fingerprint density at radius 2 is 1.43 bits per heavy atom. The highest BCUT2D eigenvalue weighted by Gasteiger charge is 2.28. The Hall–Kier alpha value is -1.49. The number of halogens is 3. The molecule has 3 rings (SSSR count). The Balaban J connectivity index is 0.00000192. The third kappa shape index (κ3) is 4.08. The van der Waals surface area contributed by atoms with E-state index < -0.39 is 0 Å². The van der Waals surface area contributed by atoms with Crippen molar-refractivity contribution in [3.63, 3.8) is 0 Å². The number of nitrogens with zero attached hydrogens (tertiary/aromatic N) is 1. The van der Waals surface area contributed by atoms with Crippen LogP contribution >= 0.6 is 12.4 Å². The summed E-state index contributed by atoms with van der Waals surface area (Å²) in [5.74, 6) is -0.482. The first-order valence-corrected chi connectivity index (χ1v) is 7.62.